The molecule has 3 rings (SSSR count). The van der Waals surface area contributed by atoms with Gasteiger partial charge in [-0.15, -0.1) is 0 Å². The van der Waals surface area contributed by atoms with Crippen molar-refractivity contribution in [1.29, 1.82) is 0 Å². The molecule has 2 saturated heterocycles. The van der Waals surface area contributed by atoms with Gasteiger partial charge in [0.2, 0.25) is 10.0 Å². The maximum Gasteiger partial charge on any atom is 0.270 e. The second-order valence-electron chi connectivity index (χ2n) is 6.76. The molecule has 0 saturated carbocycles. The number of aromatic nitrogens is 1. The second kappa shape index (κ2) is 6.28. The van der Waals surface area contributed by atoms with Gasteiger partial charge in [0.1, 0.15) is 10.6 Å². The molecular weight excluding hydrogens is 314 g/mol. The number of likely N-dealkylation sites (tertiary alicyclic amines) is 1. The van der Waals surface area contributed by atoms with Crippen molar-refractivity contribution in [2.45, 2.75) is 37.5 Å². The van der Waals surface area contributed by atoms with E-state index in [4.69, 9.17) is 0 Å². The smallest absolute Gasteiger partial charge is 0.270 e. The molecule has 23 heavy (non-hydrogen) atoms. The zero-order valence-electron chi connectivity index (χ0n) is 13.9. The summed E-state index contributed by atoms with van der Waals surface area (Å²) in [5, 5.41) is 0. The number of hydrogen-bond acceptors (Lipinski definition) is 3. The lowest BCUT2D eigenvalue weighted by molar-refractivity contribution is 0.0687. The van der Waals surface area contributed by atoms with E-state index in [0.717, 1.165) is 38.8 Å². The highest BCUT2D eigenvalue weighted by Crippen LogP contribution is 2.24. The van der Waals surface area contributed by atoms with Crippen LogP contribution in [0.1, 0.15) is 43.1 Å². The molecule has 0 aromatic carbocycles. The molecule has 1 aromatic rings. The van der Waals surface area contributed by atoms with Crippen LogP contribution in [0.2, 0.25) is 0 Å². The first kappa shape index (κ1) is 16.5. The molecule has 3 heterocycles. The Morgan fingerprint density at radius 3 is 2.35 bits per heavy atom. The molecule has 0 atom stereocenters. The second-order valence-corrected chi connectivity index (χ2v) is 8.70. The molecule has 0 radical (unpaired) electrons. The molecule has 7 heteroatoms. The van der Waals surface area contributed by atoms with Crippen LogP contribution in [0.15, 0.2) is 17.2 Å². The zero-order chi connectivity index (χ0) is 16.6. The molecule has 0 unspecified atom stereocenters. The first-order valence-electron chi connectivity index (χ1n) is 8.35. The first-order chi connectivity index (χ1) is 10.9. The molecule has 0 aliphatic carbocycles. The normalized spacial score (nSPS) is 21.0. The number of hydrogen-bond donors (Lipinski definition) is 0. The van der Waals surface area contributed by atoms with Crippen LogP contribution >= 0.6 is 0 Å². The van der Waals surface area contributed by atoms with Crippen molar-refractivity contribution in [2.75, 3.05) is 26.2 Å². The largest absolute Gasteiger partial charge is 0.345 e. The van der Waals surface area contributed by atoms with E-state index < -0.39 is 10.0 Å². The standard InChI is InChI=1S/C16H25N3O3S/c1-13-5-9-18(10-6-13)16(20)15-11-14(12-17(15)2)23(21,22)19-7-3-4-8-19/h11-13H,3-10H2,1-2H3. The summed E-state index contributed by atoms with van der Waals surface area (Å²) < 4.78 is 28.4. The minimum atomic E-state index is -3.47. The monoisotopic (exact) mass is 339 g/mol. The number of piperidine rings is 1. The van der Waals surface area contributed by atoms with E-state index in [-0.39, 0.29) is 10.8 Å². The van der Waals surface area contributed by atoms with Crippen molar-refractivity contribution < 1.29 is 13.2 Å². The van der Waals surface area contributed by atoms with Crippen molar-refractivity contribution in [3.8, 4) is 0 Å². The van der Waals surface area contributed by atoms with Crippen molar-refractivity contribution in [2.24, 2.45) is 13.0 Å². The fraction of sp³-hybridized carbons (Fsp3) is 0.688. The summed E-state index contributed by atoms with van der Waals surface area (Å²) >= 11 is 0. The maximum absolute atomic E-state index is 12.7. The third-order valence-corrected chi connectivity index (χ3v) is 6.84. The number of carbonyl (C=O) groups excluding carboxylic acids is 1. The van der Waals surface area contributed by atoms with E-state index in [1.807, 2.05) is 4.90 Å². The van der Waals surface area contributed by atoms with Crippen molar-refractivity contribution in [1.82, 2.24) is 13.8 Å². The van der Waals surface area contributed by atoms with E-state index in [2.05, 4.69) is 6.92 Å². The summed E-state index contributed by atoms with van der Waals surface area (Å²) in [5.41, 5.74) is 0.456. The Morgan fingerprint density at radius 1 is 1.13 bits per heavy atom. The topological polar surface area (TPSA) is 62.6 Å². The lowest BCUT2D eigenvalue weighted by Crippen LogP contribution is -2.38. The predicted molar refractivity (Wildman–Crippen MR) is 87.7 cm³/mol. The highest BCUT2D eigenvalue weighted by Gasteiger charge is 2.30. The molecule has 0 N–H and O–H groups in total. The van der Waals surface area contributed by atoms with Gasteiger partial charge < -0.3 is 9.47 Å². The fourth-order valence-electron chi connectivity index (χ4n) is 3.34. The van der Waals surface area contributed by atoms with Gasteiger partial charge >= 0.3 is 0 Å². The van der Waals surface area contributed by atoms with E-state index in [9.17, 15) is 13.2 Å². The molecule has 2 aliphatic rings. The van der Waals surface area contributed by atoms with Gasteiger partial charge in [-0.3, -0.25) is 4.79 Å². The van der Waals surface area contributed by atoms with Crippen LogP contribution in [0.5, 0.6) is 0 Å². The molecular formula is C16H25N3O3S. The summed E-state index contributed by atoms with van der Waals surface area (Å²) in [6.07, 6.45) is 5.39. The number of amides is 1. The van der Waals surface area contributed by atoms with Crippen molar-refractivity contribution >= 4 is 15.9 Å². The number of sulfonamides is 1. The van der Waals surface area contributed by atoms with Gasteiger partial charge in [-0.2, -0.15) is 4.31 Å². The van der Waals surface area contributed by atoms with Gasteiger partial charge in [-0.25, -0.2) is 8.42 Å². The Hall–Kier alpha value is -1.34. The highest BCUT2D eigenvalue weighted by molar-refractivity contribution is 7.89. The number of carbonyl (C=O) groups is 1. The van der Waals surface area contributed by atoms with Gasteiger partial charge in [0.25, 0.3) is 5.91 Å². The van der Waals surface area contributed by atoms with Crippen LogP contribution in [0, 0.1) is 5.92 Å². The molecule has 1 amide bonds. The van der Waals surface area contributed by atoms with Crippen molar-refractivity contribution in [3.05, 3.63) is 18.0 Å². The van der Waals surface area contributed by atoms with Crippen LogP contribution < -0.4 is 0 Å². The molecule has 6 nitrogen and oxygen atoms in total. The lowest BCUT2D eigenvalue weighted by Gasteiger charge is -2.30. The van der Waals surface area contributed by atoms with Gasteiger partial charge in [0.15, 0.2) is 0 Å². The third-order valence-electron chi connectivity index (χ3n) is 4.97. The zero-order valence-corrected chi connectivity index (χ0v) is 14.7. The Kier molecular flexibility index (Phi) is 4.51. The van der Waals surface area contributed by atoms with Gasteiger partial charge in [0, 0.05) is 39.4 Å². The molecule has 128 valence electrons. The van der Waals surface area contributed by atoms with Crippen molar-refractivity contribution in [3.63, 3.8) is 0 Å². The Labute approximate surface area is 138 Å². The SMILES string of the molecule is CC1CCN(C(=O)c2cc(S(=O)(=O)N3CCCC3)cn2C)CC1. The average Bonchev–Trinajstić information content (AvgIpc) is 3.17. The highest BCUT2D eigenvalue weighted by atomic mass is 32.2. The molecule has 1 aromatic heterocycles. The lowest BCUT2D eigenvalue weighted by atomic mass is 9.99. The Morgan fingerprint density at radius 2 is 1.74 bits per heavy atom. The summed E-state index contributed by atoms with van der Waals surface area (Å²) in [6, 6.07) is 1.54. The summed E-state index contributed by atoms with van der Waals surface area (Å²) in [4.78, 5) is 14.8. The van der Waals surface area contributed by atoms with Crippen LogP contribution in [0.4, 0.5) is 0 Å². The van der Waals surface area contributed by atoms with Gasteiger partial charge in [-0.05, 0) is 37.7 Å². The number of rotatable bonds is 3. The summed E-state index contributed by atoms with van der Waals surface area (Å²) in [5.74, 6) is 0.584. The third kappa shape index (κ3) is 3.17. The van der Waals surface area contributed by atoms with Crippen LogP contribution in [0.3, 0.4) is 0 Å². The number of nitrogens with zero attached hydrogens (tertiary/aromatic N) is 3. The quantitative estimate of drug-likeness (QED) is 0.842. The first-order valence-corrected chi connectivity index (χ1v) is 9.79. The maximum atomic E-state index is 12.7. The molecule has 0 bridgehead atoms. The molecule has 2 aliphatic heterocycles. The Bertz CT molecular complexity index is 681. The van der Waals surface area contributed by atoms with Crippen LogP contribution in [0.25, 0.3) is 0 Å². The van der Waals surface area contributed by atoms with E-state index >= 15 is 0 Å². The fourth-order valence-corrected chi connectivity index (χ4v) is 4.93. The minimum absolute atomic E-state index is 0.0673. The summed E-state index contributed by atoms with van der Waals surface area (Å²) in [7, 11) is -1.73. The average molecular weight is 339 g/mol. The molecule has 0 spiro atoms. The predicted octanol–water partition coefficient (Wildman–Crippen LogP) is 1.68. The van der Waals surface area contributed by atoms with Gasteiger partial charge in [0.05, 0.1) is 0 Å². The summed E-state index contributed by atoms with van der Waals surface area (Å²) in [6.45, 7) is 4.85. The van der Waals surface area contributed by atoms with Gasteiger partial charge in [-0.1, -0.05) is 6.92 Å². The van der Waals surface area contributed by atoms with Crippen LogP contribution in [-0.2, 0) is 17.1 Å². The Balaban J connectivity index is 1.82. The minimum Gasteiger partial charge on any atom is -0.345 e. The van der Waals surface area contributed by atoms with E-state index in [1.54, 1.807) is 17.8 Å². The molecule has 2 fully saturated rings. The van der Waals surface area contributed by atoms with E-state index in [1.165, 1.54) is 10.4 Å². The number of aryl methyl sites for hydroxylation is 1. The van der Waals surface area contributed by atoms with E-state index in [0.29, 0.717) is 24.7 Å². The van der Waals surface area contributed by atoms with Crippen LogP contribution in [-0.4, -0.2) is 54.3 Å².